The van der Waals surface area contributed by atoms with Gasteiger partial charge in [-0.3, -0.25) is 9.89 Å². The molecule has 0 aliphatic carbocycles. The van der Waals surface area contributed by atoms with Gasteiger partial charge in [-0.15, -0.1) is 0 Å². The Bertz CT molecular complexity index is 409. The van der Waals surface area contributed by atoms with Crippen LogP contribution in [0.1, 0.15) is 44.9 Å². The molecule has 6 heteroatoms. The van der Waals surface area contributed by atoms with Gasteiger partial charge in [0, 0.05) is 32.7 Å². The molecule has 2 N–H and O–H groups in total. The molecule has 3 rings (SSSR count). The van der Waals surface area contributed by atoms with Crippen LogP contribution in [-0.4, -0.2) is 87.4 Å². The number of likely N-dealkylation sites (tertiary alicyclic amines) is 1. The predicted molar refractivity (Wildman–Crippen MR) is 103 cm³/mol. The fourth-order valence-corrected chi connectivity index (χ4v) is 4.31. The maximum Gasteiger partial charge on any atom is 0.191 e. The molecular formula is C19H37N5O. The van der Waals surface area contributed by atoms with E-state index >= 15 is 0 Å². The zero-order chi connectivity index (χ0) is 17.3. The van der Waals surface area contributed by atoms with Crippen molar-refractivity contribution in [3.63, 3.8) is 0 Å². The summed E-state index contributed by atoms with van der Waals surface area (Å²) in [6.07, 6.45) is 9.65. The summed E-state index contributed by atoms with van der Waals surface area (Å²) >= 11 is 0. The molecule has 2 unspecified atom stereocenters. The van der Waals surface area contributed by atoms with E-state index in [1.165, 1.54) is 71.1 Å². The number of ether oxygens (including phenoxy) is 1. The van der Waals surface area contributed by atoms with E-state index in [2.05, 4.69) is 25.4 Å². The van der Waals surface area contributed by atoms with E-state index in [-0.39, 0.29) is 6.10 Å². The largest absolute Gasteiger partial charge is 0.373 e. The lowest BCUT2D eigenvalue weighted by Gasteiger charge is -2.35. The molecule has 3 fully saturated rings. The third-order valence-corrected chi connectivity index (χ3v) is 5.82. The summed E-state index contributed by atoms with van der Waals surface area (Å²) in [7, 11) is 1.85. The van der Waals surface area contributed by atoms with Crippen LogP contribution in [0.4, 0.5) is 0 Å². The van der Waals surface area contributed by atoms with Crippen molar-refractivity contribution in [2.24, 2.45) is 4.99 Å². The highest BCUT2D eigenvalue weighted by Gasteiger charge is 2.32. The Morgan fingerprint density at radius 3 is 2.72 bits per heavy atom. The number of fused-ring (bicyclic) bond motifs is 1. The Hall–Kier alpha value is -0.850. The standard InChI is InChI=1S/C19H37N5O/c1-20-19(21-9-7-12-23-10-4-2-3-5-11-23)22-14-18-15-24-13-6-8-17(24)16-25-18/h17-18H,2-16H2,1H3,(H2,20,21,22). The average molecular weight is 352 g/mol. The van der Waals surface area contributed by atoms with E-state index in [0.29, 0.717) is 6.04 Å². The zero-order valence-electron chi connectivity index (χ0n) is 16.0. The van der Waals surface area contributed by atoms with Crippen molar-refractivity contribution < 1.29 is 4.74 Å². The second kappa shape index (κ2) is 10.3. The highest BCUT2D eigenvalue weighted by Crippen LogP contribution is 2.22. The maximum atomic E-state index is 6.01. The average Bonchev–Trinajstić information content (AvgIpc) is 2.95. The van der Waals surface area contributed by atoms with Crippen LogP contribution in [0, 0.1) is 0 Å². The maximum absolute atomic E-state index is 6.01. The Kier molecular flexibility index (Phi) is 7.82. The molecule has 3 aliphatic heterocycles. The predicted octanol–water partition coefficient (Wildman–Crippen LogP) is 1.28. The lowest BCUT2D eigenvalue weighted by atomic mass is 10.2. The first-order valence-corrected chi connectivity index (χ1v) is 10.4. The monoisotopic (exact) mass is 351 g/mol. The molecule has 0 amide bonds. The molecule has 3 heterocycles. The lowest BCUT2D eigenvalue weighted by Crippen LogP contribution is -2.51. The molecule has 0 radical (unpaired) electrons. The smallest absolute Gasteiger partial charge is 0.191 e. The summed E-state index contributed by atoms with van der Waals surface area (Å²) in [5, 5.41) is 6.89. The van der Waals surface area contributed by atoms with Gasteiger partial charge in [0.2, 0.25) is 0 Å². The summed E-state index contributed by atoms with van der Waals surface area (Å²) in [6.45, 7) is 8.79. The first-order valence-electron chi connectivity index (χ1n) is 10.4. The fourth-order valence-electron chi connectivity index (χ4n) is 4.31. The zero-order valence-corrected chi connectivity index (χ0v) is 16.0. The minimum absolute atomic E-state index is 0.282. The second-order valence-electron chi connectivity index (χ2n) is 7.74. The van der Waals surface area contributed by atoms with Crippen LogP contribution < -0.4 is 10.6 Å². The van der Waals surface area contributed by atoms with E-state index in [9.17, 15) is 0 Å². The molecule has 3 aliphatic rings. The van der Waals surface area contributed by atoms with Crippen molar-refractivity contribution in [3.05, 3.63) is 0 Å². The first-order chi connectivity index (χ1) is 12.3. The summed E-state index contributed by atoms with van der Waals surface area (Å²) in [5.41, 5.74) is 0. The van der Waals surface area contributed by atoms with Gasteiger partial charge < -0.3 is 20.3 Å². The molecule has 0 aromatic rings. The van der Waals surface area contributed by atoms with Gasteiger partial charge in [-0.1, -0.05) is 12.8 Å². The van der Waals surface area contributed by atoms with Gasteiger partial charge in [0.1, 0.15) is 0 Å². The number of aliphatic imine (C=N–C) groups is 1. The molecule has 0 spiro atoms. The van der Waals surface area contributed by atoms with Crippen LogP contribution >= 0.6 is 0 Å². The minimum Gasteiger partial charge on any atom is -0.373 e. The van der Waals surface area contributed by atoms with Crippen LogP contribution in [0.3, 0.4) is 0 Å². The van der Waals surface area contributed by atoms with E-state index < -0.39 is 0 Å². The summed E-state index contributed by atoms with van der Waals surface area (Å²) in [6, 6.07) is 0.674. The van der Waals surface area contributed by atoms with Gasteiger partial charge in [0.15, 0.2) is 5.96 Å². The fraction of sp³-hybridized carbons (Fsp3) is 0.947. The Morgan fingerprint density at radius 2 is 1.92 bits per heavy atom. The summed E-state index contributed by atoms with van der Waals surface area (Å²) in [5.74, 6) is 0.906. The van der Waals surface area contributed by atoms with E-state index in [0.717, 1.165) is 32.2 Å². The molecule has 3 saturated heterocycles. The Labute approximate surface area is 153 Å². The highest BCUT2D eigenvalue weighted by atomic mass is 16.5. The van der Waals surface area contributed by atoms with E-state index in [1.807, 2.05) is 7.05 Å². The SMILES string of the molecule is CN=C(NCCCN1CCCCCC1)NCC1CN2CCCC2CO1. The molecule has 0 aromatic carbocycles. The second-order valence-corrected chi connectivity index (χ2v) is 7.74. The number of rotatable bonds is 6. The number of nitrogens with zero attached hydrogens (tertiary/aromatic N) is 3. The summed E-state index contributed by atoms with van der Waals surface area (Å²) in [4.78, 5) is 9.56. The third-order valence-electron chi connectivity index (χ3n) is 5.82. The van der Waals surface area contributed by atoms with Gasteiger partial charge >= 0.3 is 0 Å². The van der Waals surface area contributed by atoms with Crippen molar-refractivity contribution in [3.8, 4) is 0 Å². The normalized spacial score (nSPS) is 29.2. The van der Waals surface area contributed by atoms with Crippen molar-refractivity contribution in [1.29, 1.82) is 0 Å². The number of guanidine groups is 1. The number of hydrogen-bond donors (Lipinski definition) is 2. The van der Waals surface area contributed by atoms with E-state index in [4.69, 9.17) is 4.74 Å². The molecule has 0 bridgehead atoms. The molecule has 25 heavy (non-hydrogen) atoms. The lowest BCUT2D eigenvalue weighted by molar-refractivity contribution is -0.0453. The highest BCUT2D eigenvalue weighted by molar-refractivity contribution is 5.79. The first kappa shape index (κ1) is 18.9. The van der Waals surface area contributed by atoms with Crippen molar-refractivity contribution in [2.45, 2.75) is 57.1 Å². The van der Waals surface area contributed by atoms with Crippen LogP contribution in [0.25, 0.3) is 0 Å². The minimum atomic E-state index is 0.282. The van der Waals surface area contributed by atoms with Crippen LogP contribution in [0.5, 0.6) is 0 Å². The summed E-state index contributed by atoms with van der Waals surface area (Å²) < 4.78 is 6.01. The van der Waals surface area contributed by atoms with Crippen LogP contribution in [-0.2, 0) is 4.74 Å². The van der Waals surface area contributed by atoms with Crippen LogP contribution in [0.15, 0.2) is 4.99 Å². The van der Waals surface area contributed by atoms with Gasteiger partial charge in [0.25, 0.3) is 0 Å². The van der Waals surface area contributed by atoms with Gasteiger partial charge in [-0.2, -0.15) is 0 Å². The van der Waals surface area contributed by atoms with Gasteiger partial charge in [-0.05, 0) is 58.3 Å². The topological polar surface area (TPSA) is 52.1 Å². The molecular weight excluding hydrogens is 314 g/mol. The Balaban J connectivity index is 1.27. The van der Waals surface area contributed by atoms with Crippen LogP contribution in [0.2, 0.25) is 0 Å². The number of morpholine rings is 1. The number of nitrogens with one attached hydrogen (secondary N) is 2. The molecule has 144 valence electrons. The van der Waals surface area contributed by atoms with Crippen molar-refractivity contribution in [1.82, 2.24) is 20.4 Å². The quantitative estimate of drug-likeness (QED) is 0.429. The van der Waals surface area contributed by atoms with Crippen molar-refractivity contribution in [2.75, 3.05) is 59.5 Å². The van der Waals surface area contributed by atoms with Crippen molar-refractivity contribution >= 4 is 5.96 Å². The van der Waals surface area contributed by atoms with Gasteiger partial charge in [0.05, 0.1) is 12.7 Å². The molecule has 2 atom stereocenters. The van der Waals surface area contributed by atoms with Gasteiger partial charge in [-0.25, -0.2) is 0 Å². The number of hydrogen-bond acceptors (Lipinski definition) is 4. The van der Waals surface area contributed by atoms with E-state index in [1.54, 1.807) is 0 Å². The molecule has 6 nitrogen and oxygen atoms in total. The molecule has 0 saturated carbocycles. The third kappa shape index (κ3) is 6.12. The molecule has 0 aromatic heterocycles. The Morgan fingerprint density at radius 1 is 1.08 bits per heavy atom.